The van der Waals surface area contributed by atoms with Crippen LogP contribution in [0.15, 0.2) is 93.0 Å². The van der Waals surface area contributed by atoms with Gasteiger partial charge in [0.1, 0.15) is 23.2 Å². The van der Waals surface area contributed by atoms with Crippen LogP contribution in [0.2, 0.25) is 0 Å². The highest BCUT2D eigenvalue weighted by Gasteiger charge is 2.43. The fraction of sp³-hybridized carbons (Fsp3) is 0.545. The summed E-state index contributed by atoms with van der Waals surface area (Å²) in [5.41, 5.74) is 7.71. The largest absolute Gasteiger partial charge is 0.744 e. The summed E-state index contributed by atoms with van der Waals surface area (Å²) in [5.74, 6) is -1.88. The molecule has 0 radical (unpaired) electrons. The SMILES string of the molecule is COCCOCCN1C(=CC=C2CCC(=CC=C3N(CCOCCOC)c4ccc(S(=O)(=O)[O-])cc4C3(C)C)C2=[N+]2CCC(C(=O)NCCCCCC(=O)ON3C(=O)CCC3=O)CC2)C(C)(C)c2cc(SOO[O-])ccc21. The summed E-state index contributed by atoms with van der Waals surface area (Å²) in [6.07, 6.45) is 13.3. The maximum atomic E-state index is 13.6. The number of allylic oxidation sites excluding steroid dienone is 8. The zero-order chi connectivity index (χ0) is 55.3. The molecule has 4 heterocycles. The van der Waals surface area contributed by atoms with Gasteiger partial charge in [-0.25, -0.2) is 17.8 Å². The second-order valence-electron chi connectivity index (χ2n) is 20.5. The Morgan fingerprint density at radius 2 is 1.31 bits per heavy atom. The van der Waals surface area contributed by atoms with Gasteiger partial charge in [0.25, 0.3) is 11.8 Å². The average Bonchev–Trinajstić information content (AvgIpc) is 4.31. The number of nitrogens with zero attached hydrogens (tertiary/aromatic N) is 4. The van der Waals surface area contributed by atoms with E-state index in [1.807, 2.05) is 32.0 Å². The maximum absolute atomic E-state index is 13.6. The summed E-state index contributed by atoms with van der Waals surface area (Å²) in [7, 11) is -1.47. The first-order valence-electron chi connectivity index (χ1n) is 26.3. The molecule has 0 atom stereocenters. The fourth-order valence-corrected chi connectivity index (χ4v) is 11.6. The molecule has 2 aromatic rings. The average molecular weight is 1110 g/mol. The van der Waals surface area contributed by atoms with Gasteiger partial charge in [0.05, 0.1) is 56.6 Å². The molecule has 7 rings (SSSR count). The predicted molar refractivity (Wildman–Crippen MR) is 283 cm³/mol. The van der Waals surface area contributed by atoms with Crippen LogP contribution < -0.4 is 20.4 Å². The van der Waals surface area contributed by atoms with Gasteiger partial charge in [-0.05, 0) is 85.4 Å². The molecule has 4 aliphatic heterocycles. The molecule has 22 heteroatoms. The molecule has 2 saturated heterocycles. The van der Waals surface area contributed by atoms with Gasteiger partial charge in [-0.3, -0.25) is 19.4 Å². The first kappa shape index (κ1) is 59.4. The van der Waals surface area contributed by atoms with E-state index in [0.717, 1.165) is 75.6 Å². The van der Waals surface area contributed by atoms with Crippen molar-refractivity contribution < 1.29 is 75.1 Å². The molecule has 1 aliphatic carbocycles. The number of carbonyl (C=O) groups excluding carboxylic acids is 4. The monoisotopic (exact) mass is 1110 g/mol. The van der Waals surface area contributed by atoms with Crippen LogP contribution in [0.25, 0.3) is 0 Å². The number of benzene rings is 2. The number of nitrogens with one attached hydrogen (secondary N) is 1. The minimum absolute atomic E-state index is 0.0159. The number of anilines is 2. The van der Waals surface area contributed by atoms with Crippen LogP contribution in [0, 0.1) is 5.92 Å². The molecule has 1 N–H and O–H groups in total. The van der Waals surface area contributed by atoms with E-state index in [1.54, 1.807) is 20.3 Å². The molecule has 1 saturated carbocycles. The summed E-state index contributed by atoms with van der Waals surface area (Å²) in [6.45, 7) is 13.7. The van der Waals surface area contributed by atoms with E-state index in [-0.39, 0.29) is 36.0 Å². The fourth-order valence-electron chi connectivity index (χ4n) is 10.8. The minimum Gasteiger partial charge on any atom is -0.744 e. The number of unbranched alkanes of at least 4 members (excludes halogenated alkanes) is 2. The second-order valence-corrected chi connectivity index (χ2v) is 22.7. The standard InChI is InChI=1S/C55H73N5O15S2/c1-54(2)43-36-41(76-75-74-65)15-17-45(43)58(28-30-71-34-32-69-5)47(54)19-13-38-11-12-39(14-20-48-55(3,4)44-37-42(77(66,67)68)16-18-46(44)59(48)29-31-72-35-33-70-6)52(38)57-26-23-40(24-27-57)53(64)56-25-9-7-8-10-51(63)73-60-49(61)21-22-50(60)62/h13-20,36-37,40H,7-12,21-35H2,1-6H3,(H2-,56,64,65,66,67,68)/p-1. The number of hydroxylamine groups is 2. The first-order chi connectivity index (χ1) is 36.9. The third-order valence-electron chi connectivity index (χ3n) is 14.8. The summed E-state index contributed by atoms with van der Waals surface area (Å²) >= 11 is 0.848. The molecule has 77 heavy (non-hydrogen) atoms. The Bertz CT molecular complexity index is 2740. The molecule has 20 nitrogen and oxygen atoms in total. The summed E-state index contributed by atoms with van der Waals surface area (Å²) in [4.78, 5) is 59.2. The van der Waals surface area contributed by atoms with Crippen LogP contribution in [0.4, 0.5) is 11.4 Å². The number of methoxy groups -OCH3 is 2. The maximum Gasteiger partial charge on any atom is 0.333 e. The molecule has 0 bridgehead atoms. The van der Waals surface area contributed by atoms with Gasteiger partial charge in [-0.2, -0.15) is 4.33 Å². The Morgan fingerprint density at radius 3 is 1.86 bits per heavy atom. The molecule has 420 valence electrons. The number of amides is 3. The lowest BCUT2D eigenvalue weighted by molar-refractivity contribution is -0.777. The van der Waals surface area contributed by atoms with E-state index in [2.05, 4.69) is 67.2 Å². The van der Waals surface area contributed by atoms with Crippen molar-refractivity contribution in [3.63, 3.8) is 0 Å². The molecule has 0 unspecified atom stereocenters. The molecular formula is C55H72N5O15S2-. The lowest BCUT2D eigenvalue weighted by Crippen LogP contribution is -2.39. The van der Waals surface area contributed by atoms with Gasteiger partial charge in [0, 0.05) is 122 Å². The van der Waals surface area contributed by atoms with Crippen molar-refractivity contribution in [1.82, 2.24) is 10.4 Å². The number of hydrogen-bond acceptors (Lipinski definition) is 18. The van der Waals surface area contributed by atoms with Crippen molar-refractivity contribution in [2.24, 2.45) is 5.92 Å². The van der Waals surface area contributed by atoms with E-state index in [0.29, 0.717) is 114 Å². The molecule has 3 amide bonds. The van der Waals surface area contributed by atoms with Crippen molar-refractivity contribution in [2.75, 3.05) is 96.4 Å². The van der Waals surface area contributed by atoms with Gasteiger partial charge in [0.15, 0.2) is 0 Å². The summed E-state index contributed by atoms with van der Waals surface area (Å²) in [6, 6.07) is 10.5. The van der Waals surface area contributed by atoms with E-state index >= 15 is 0 Å². The lowest BCUT2D eigenvalue weighted by atomic mass is 9.83. The topological polar surface area (TPSA) is 238 Å². The van der Waals surface area contributed by atoms with E-state index < -0.39 is 38.7 Å². The minimum atomic E-state index is -4.72. The third kappa shape index (κ3) is 14.5. The zero-order valence-corrected chi connectivity index (χ0v) is 46.6. The second kappa shape index (κ2) is 27.1. The lowest BCUT2D eigenvalue weighted by Gasteiger charge is -2.27. The van der Waals surface area contributed by atoms with E-state index in [4.69, 9.17) is 23.8 Å². The number of rotatable bonds is 26. The van der Waals surface area contributed by atoms with Gasteiger partial charge in [0.2, 0.25) is 11.6 Å². The molecular weight excluding hydrogens is 1030 g/mol. The van der Waals surface area contributed by atoms with Crippen molar-refractivity contribution in [3.8, 4) is 0 Å². The van der Waals surface area contributed by atoms with Gasteiger partial charge < -0.3 is 48.7 Å². The molecule has 0 spiro atoms. The number of ether oxygens (including phenoxy) is 4. The van der Waals surface area contributed by atoms with Crippen molar-refractivity contribution in [1.29, 1.82) is 0 Å². The molecule has 2 aromatic carbocycles. The summed E-state index contributed by atoms with van der Waals surface area (Å²) < 4.78 is 66.1. The van der Waals surface area contributed by atoms with Gasteiger partial charge in [-0.1, -0.05) is 46.3 Å². The first-order valence-corrected chi connectivity index (χ1v) is 28.4. The Balaban J connectivity index is 1.16. The van der Waals surface area contributed by atoms with Crippen LogP contribution in [-0.2, 0) is 73.3 Å². The Hall–Kier alpha value is -5.27. The molecule has 0 aromatic heterocycles. The Morgan fingerprint density at radius 1 is 0.753 bits per heavy atom. The van der Waals surface area contributed by atoms with Crippen LogP contribution >= 0.6 is 12.0 Å². The number of carbonyl (C=O) groups is 4. The normalized spacial score (nSPS) is 21.1. The van der Waals surface area contributed by atoms with Crippen LogP contribution in [0.1, 0.15) is 103 Å². The summed E-state index contributed by atoms with van der Waals surface area (Å²) in [5, 5.41) is 18.0. The van der Waals surface area contributed by atoms with E-state index in [1.165, 1.54) is 12.1 Å². The predicted octanol–water partition coefficient (Wildman–Crippen LogP) is 5.60. The van der Waals surface area contributed by atoms with Crippen molar-refractivity contribution in [2.45, 2.75) is 113 Å². The number of fused-ring (bicyclic) bond motifs is 2. The highest BCUT2D eigenvalue weighted by atomic mass is 32.2. The molecule has 5 aliphatic rings. The van der Waals surface area contributed by atoms with Crippen LogP contribution in [-0.4, -0.2) is 139 Å². The quantitative estimate of drug-likeness (QED) is 0.0229. The number of piperidine rings is 1. The van der Waals surface area contributed by atoms with Gasteiger partial charge in [-0.15, -0.1) is 5.06 Å². The zero-order valence-electron chi connectivity index (χ0n) is 44.9. The van der Waals surface area contributed by atoms with Crippen LogP contribution in [0.3, 0.4) is 0 Å². The number of hydrogen-bond donors (Lipinski definition) is 1. The molecule has 3 fully saturated rings. The Labute approximate surface area is 455 Å². The van der Waals surface area contributed by atoms with E-state index in [9.17, 15) is 37.4 Å². The van der Waals surface area contributed by atoms with Gasteiger partial charge >= 0.3 is 5.97 Å². The Kier molecular flexibility index (Phi) is 20.9. The van der Waals surface area contributed by atoms with Crippen molar-refractivity contribution >= 4 is 62.9 Å². The van der Waals surface area contributed by atoms with Crippen LogP contribution in [0.5, 0.6) is 0 Å². The highest BCUT2D eigenvalue weighted by molar-refractivity contribution is 7.94. The highest BCUT2D eigenvalue weighted by Crippen LogP contribution is 2.50. The smallest absolute Gasteiger partial charge is 0.333 e. The number of imide groups is 1. The van der Waals surface area contributed by atoms with Crippen molar-refractivity contribution in [3.05, 3.63) is 94.4 Å². The third-order valence-corrected chi connectivity index (χ3v) is 16.3.